The van der Waals surface area contributed by atoms with Gasteiger partial charge in [-0.1, -0.05) is 5.16 Å². The van der Waals surface area contributed by atoms with Gasteiger partial charge in [0, 0.05) is 38.2 Å². The Balaban J connectivity index is 1.62. The van der Waals surface area contributed by atoms with Crippen LogP contribution >= 0.6 is 0 Å². The first-order valence-electron chi connectivity index (χ1n) is 7.50. The lowest BCUT2D eigenvalue weighted by atomic mass is 9.96. The fourth-order valence-electron chi connectivity index (χ4n) is 3.07. The number of alkyl halides is 3. The van der Waals surface area contributed by atoms with Gasteiger partial charge in [-0.15, -0.1) is 0 Å². The van der Waals surface area contributed by atoms with Gasteiger partial charge in [0.2, 0.25) is 0 Å². The van der Waals surface area contributed by atoms with Crippen molar-refractivity contribution in [2.75, 3.05) is 32.7 Å². The van der Waals surface area contributed by atoms with Crippen LogP contribution in [0.1, 0.15) is 34.7 Å². The molecule has 0 unspecified atom stereocenters. The summed E-state index contributed by atoms with van der Waals surface area (Å²) in [6.07, 6.45) is -0.569. The number of nitrogens with zero attached hydrogens (tertiary/aromatic N) is 3. The van der Waals surface area contributed by atoms with E-state index in [1.165, 1.54) is 4.90 Å². The van der Waals surface area contributed by atoms with Crippen molar-refractivity contribution in [1.29, 1.82) is 0 Å². The molecule has 0 N–H and O–H groups in total. The normalized spacial score (nSPS) is 20.0. The van der Waals surface area contributed by atoms with Crippen LogP contribution in [-0.2, 0) is 12.8 Å². The molecule has 0 bridgehead atoms. The second-order valence-corrected chi connectivity index (χ2v) is 5.82. The van der Waals surface area contributed by atoms with Gasteiger partial charge in [0.15, 0.2) is 5.69 Å². The first-order valence-corrected chi connectivity index (χ1v) is 7.50. The average Bonchev–Trinajstić information content (AvgIpc) is 2.89. The summed E-state index contributed by atoms with van der Waals surface area (Å²) >= 11 is 0. The second kappa shape index (κ2) is 5.91. The molecule has 0 spiro atoms. The number of hydrogen-bond acceptors (Lipinski definition) is 4. The monoisotopic (exact) mass is 317 g/mol. The van der Waals surface area contributed by atoms with Gasteiger partial charge in [-0.05, 0) is 19.3 Å². The number of fused-ring (bicyclic) bond motifs is 1. The maximum absolute atomic E-state index is 12.5. The van der Waals surface area contributed by atoms with Crippen molar-refractivity contribution < 1.29 is 22.5 Å². The summed E-state index contributed by atoms with van der Waals surface area (Å²) in [5.41, 5.74) is 1.23. The zero-order valence-corrected chi connectivity index (χ0v) is 12.2. The molecule has 0 atom stereocenters. The summed E-state index contributed by atoms with van der Waals surface area (Å²) in [5, 5.41) is 3.89. The number of carbonyl (C=O) groups excluding carboxylic acids is 1. The summed E-state index contributed by atoms with van der Waals surface area (Å²) in [5.74, 6) is 0.559. The van der Waals surface area contributed by atoms with Crippen molar-refractivity contribution in [3.63, 3.8) is 0 Å². The quantitative estimate of drug-likeness (QED) is 0.835. The van der Waals surface area contributed by atoms with Gasteiger partial charge >= 0.3 is 6.18 Å². The number of amides is 1. The topological polar surface area (TPSA) is 49.6 Å². The minimum atomic E-state index is -4.20. The van der Waals surface area contributed by atoms with E-state index >= 15 is 0 Å². The van der Waals surface area contributed by atoms with E-state index in [9.17, 15) is 18.0 Å². The van der Waals surface area contributed by atoms with Gasteiger partial charge in [-0.3, -0.25) is 9.69 Å². The number of piperazine rings is 1. The third-order valence-electron chi connectivity index (χ3n) is 4.22. The number of aryl methyl sites for hydroxylation is 1. The van der Waals surface area contributed by atoms with E-state index in [-0.39, 0.29) is 32.1 Å². The maximum atomic E-state index is 12.5. The highest BCUT2D eigenvalue weighted by molar-refractivity contribution is 5.94. The molecule has 1 aliphatic carbocycles. The lowest BCUT2D eigenvalue weighted by Gasteiger charge is -2.34. The Morgan fingerprint density at radius 2 is 1.82 bits per heavy atom. The molecule has 1 fully saturated rings. The molecule has 1 amide bonds. The van der Waals surface area contributed by atoms with Gasteiger partial charge in [-0.2, -0.15) is 13.2 Å². The minimum absolute atomic E-state index is 0.224. The zero-order chi connectivity index (χ0) is 15.7. The van der Waals surface area contributed by atoms with E-state index in [2.05, 4.69) is 5.16 Å². The van der Waals surface area contributed by atoms with Gasteiger partial charge in [0.1, 0.15) is 5.76 Å². The van der Waals surface area contributed by atoms with Crippen molar-refractivity contribution in [2.45, 2.75) is 31.9 Å². The highest BCUT2D eigenvalue weighted by Crippen LogP contribution is 2.25. The number of rotatable bonds is 2. The molecule has 0 radical (unpaired) electrons. The Bertz CT molecular complexity index is 548. The molecule has 122 valence electrons. The molecule has 0 aromatic carbocycles. The van der Waals surface area contributed by atoms with Crippen LogP contribution in [0.5, 0.6) is 0 Å². The van der Waals surface area contributed by atoms with E-state index in [1.54, 1.807) is 4.90 Å². The molecular formula is C14H18F3N3O2. The molecule has 2 aliphatic rings. The van der Waals surface area contributed by atoms with Crippen LogP contribution in [0.2, 0.25) is 0 Å². The molecule has 2 heterocycles. The summed E-state index contributed by atoms with van der Waals surface area (Å²) in [6, 6.07) is 0. The molecule has 22 heavy (non-hydrogen) atoms. The molecule has 1 aliphatic heterocycles. The van der Waals surface area contributed by atoms with Crippen molar-refractivity contribution >= 4 is 5.91 Å². The average molecular weight is 317 g/mol. The van der Waals surface area contributed by atoms with E-state index in [0.717, 1.165) is 37.0 Å². The van der Waals surface area contributed by atoms with Crippen LogP contribution in [0.4, 0.5) is 13.2 Å². The first-order chi connectivity index (χ1) is 10.4. The molecule has 1 saturated heterocycles. The molecule has 3 rings (SSSR count). The van der Waals surface area contributed by atoms with Gasteiger partial charge < -0.3 is 9.42 Å². The summed E-state index contributed by atoms with van der Waals surface area (Å²) in [4.78, 5) is 15.4. The van der Waals surface area contributed by atoms with Crippen LogP contribution in [-0.4, -0.2) is 59.8 Å². The highest BCUT2D eigenvalue weighted by atomic mass is 19.4. The molecule has 8 heteroatoms. The molecule has 5 nitrogen and oxygen atoms in total. The third-order valence-corrected chi connectivity index (χ3v) is 4.22. The van der Waals surface area contributed by atoms with Crippen LogP contribution < -0.4 is 0 Å². The number of carbonyl (C=O) groups is 1. The Morgan fingerprint density at radius 1 is 1.14 bits per heavy atom. The Morgan fingerprint density at radius 3 is 2.50 bits per heavy atom. The Labute approximate surface area is 126 Å². The Hall–Kier alpha value is -1.57. The zero-order valence-electron chi connectivity index (χ0n) is 12.2. The van der Waals surface area contributed by atoms with Crippen LogP contribution in [0.15, 0.2) is 4.52 Å². The Kier molecular flexibility index (Phi) is 4.12. The second-order valence-electron chi connectivity index (χ2n) is 5.82. The smallest absolute Gasteiger partial charge is 0.360 e. The fourth-order valence-corrected chi connectivity index (χ4v) is 3.07. The first kappa shape index (κ1) is 15.3. The van der Waals surface area contributed by atoms with E-state index in [0.29, 0.717) is 5.69 Å². The predicted octanol–water partition coefficient (Wildman–Crippen LogP) is 1.87. The summed E-state index contributed by atoms with van der Waals surface area (Å²) in [6.45, 7) is 0.109. The lowest BCUT2D eigenvalue weighted by Crippen LogP contribution is -2.51. The fraction of sp³-hybridized carbons (Fsp3) is 0.714. The van der Waals surface area contributed by atoms with Gasteiger partial charge in [-0.25, -0.2) is 0 Å². The molecule has 1 aromatic rings. The van der Waals surface area contributed by atoms with E-state index < -0.39 is 12.7 Å². The van der Waals surface area contributed by atoms with Crippen LogP contribution in [0.3, 0.4) is 0 Å². The molecular weight excluding hydrogens is 299 g/mol. The van der Waals surface area contributed by atoms with Crippen molar-refractivity contribution in [3.05, 3.63) is 17.0 Å². The van der Waals surface area contributed by atoms with E-state index in [4.69, 9.17) is 4.52 Å². The minimum Gasteiger partial charge on any atom is -0.360 e. The number of halogens is 3. The van der Waals surface area contributed by atoms with Crippen LogP contribution in [0.25, 0.3) is 0 Å². The van der Waals surface area contributed by atoms with E-state index in [1.807, 2.05) is 0 Å². The number of aromatic nitrogens is 1. The summed E-state index contributed by atoms with van der Waals surface area (Å²) < 4.78 is 42.3. The van der Waals surface area contributed by atoms with Crippen molar-refractivity contribution in [3.8, 4) is 0 Å². The molecule has 1 aromatic heterocycles. The number of hydrogen-bond donors (Lipinski definition) is 0. The third kappa shape index (κ3) is 3.26. The lowest BCUT2D eigenvalue weighted by molar-refractivity contribution is -0.148. The molecule has 0 saturated carbocycles. The highest BCUT2D eigenvalue weighted by Gasteiger charge is 2.34. The van der Waals surface area contributed by atoms with Crippen molar-refractivity contribution in [2.24, 2.45) is 0 Å². The maximum Gasteiger partial charge on any atom is 0.401 e. The van der Waals surface area contributed by atoms with Gasteiger partial charge in [0.05, 0.1) is 6.54 Å². The van der Waals surface area contributed by atoms with Gasteiger partial charge in [0.25, 0.3) is 5.91 Å². The standard InChI is InChI=1S/C14H18F3N3O2/c15-14(16,17)9-19-5-7-20(8-6-19)13(21)12-10-3-1-2-4-11(10)22-18-12/h1-9H2. The van der Waals surface area contributed by atoms with Crippen LogP contribution in [0, 0.1) is 0 Å². The van der Waals surface area contributed by atoms with Crippen molar-refractivity contribution in [1.82, 2.24) is 15.0 Å². The summed E-state index contributed by atoms with van der Waals surface area (Å²) in [7, 11) is 0. The largest absolute Gasteiger partial charge is 0.401 e. The SMILES string of the molecule is O=C(c1noc2c1CCCC2)N1CCN(CC(F)(F)F)CC1. The predicted molar refractivity (Wildman–Crippen MR) is 71.5 cm³/mol.